The summed E-state index contributed by atoms with van der Waals surface area (Å²) in [5.74, 6) is 0. The van der Waals surface area contributed by atoms with Crippen LogP contribution >= 0.6 is 15.9 Å². The summed E-state index contributed by atoms with van der Waals surface area (Å²) in [7, 11) is 0. The second-order valence-corrected chi connectivity index (χ2v) is 5.62. The van der Waals surface area contributed by atoms with E-state index in [1.54, 1.807) is 0 Å². The van der Waals surface area contributed by atoms with E-state index in [0.29, 0.717) is 11.0 Å². The Hall–Kier alpha value is -0.750. The molecule has 1 aromatic rings. The summed E-state index contributed by atoms with van der Waals surface area (Å²) in [6, 6.07) is 3.83. The van der Waals surface area contributed by atoms with Crippen molar-refractivity contribution in [3.05, 3.63) is 28.2 Å². The van der Waals surface area contributed by atoms with Crippen LogP contribution in [0.4, 0.5) is 18.9 Å². The highest BCUT2D eigenvalue weighted by atomic mass is 79.9. The van der Waals surface area contributed by atoms with Crippen molar-refractivity contribution >= 4 is 21.6 Å². The van der Waals surface area contributed by atoms with Crippen LogP contribution in [-0.4, -0.2) is 18.3 Å². The lowest BCUT2D eigenvalue weighted by molar-refractivity contribution is -0.137. The minimum Gasteiger partial charge on any atom is -0.396 e. The number of hydrogen-bond acceptors (Lipinski definition) is 2. The van der Waals surface area contributed by atoms with Gasteiger partial charge in [0.15, 0.2) is 0 Å². The molecule has 1 aliphatic rings. The third kappa shape index (κ3) is 2.98. The molecule has 100 valence electrons. The fourth-order valence-corrected chi connectivity index (χ4v) is 2.12. The minimum absolute atomic E-state index is 0.00928. The zero-order valence-electron chi connectivity index (χ0n) is 9.52. The minimum atomic E-state index is -4.38. The first-order chi connectivity index (χ1) is 8.36. The van der Waals surface area contributed by atoms with E-state index in [-0.39, 0.29) is 17.7 Å². The molecule has 6 heteroatoms. The molecule has 1 saturated carbocycles. The molecule has 0 spiro atoms. The van der Waals surface area contributed by atoms with Crippen molar-refractivity contribution in [2.75, 3.05) is 18.5 Å². The van der Waals surface area contributed by atoms with Gasteiger partial charge in [-0.1, -0.05) is 15.9 Å². The average Bonchev–Trinajstić information content (AvgIpc) is 3.05. The maximum Gasteiger partial charge on any atom is 0.418 e. The molecule has 1 aliphatic carbocycles. The van der Waals surface area contributed by atoms with Crippen molar-refractivity contribution in [3.63, 3.8) is 0 Å². The highest BCUT2D eigenvalue weighted by Crippen LogP contribution is 2.45. The molecule has 0 aliphatic heterocycles. The zero-order chi connectivity index (χ0) is 13.4. The van der Waals surface area contributed by atoms with Crippen molar-refractivity contribution in [1.82, 2.24) is 0 Å². The van der Waals surface area contributed by atoms with Crippen LogP contribution in [0.2, 0.25) is 0 Å². The van der Waals surface area contributed by atoms with Gasteiger partial charge in [0.2, 0.25) is 0 Å². The van der Waals surface area contributed by atoms with Crippen molar-refractivity contribution < 1.29 is 18.3 Å². The molecule has 0 aromatic heterocycles. The number of aliphatic hydroxyl groups excluding tert-OH is 1. The number of nitrogens with one attached hydrogen (secondary N) is 1. The summed E-state index contributed by atoms with van der Waals surface area (Å²) in [6.07, 6.45) is -2.67. The van der Waals surface area contributed by atoms with Crippen LogP contribution in [0, 0.1) is 5.41 Å². The Kier molecular flexibility index (Phi) is 3.60. The fraction of sp³-hybridized carbons (Fsp3) is 0.500. The molecule has 0 heterocycles. The van der Waals surface area contributed by atoms with E-state index < -0.39 is 11.7 Å². The number of rotatable bonds is 4. The van der Waals surface area contributed by atoms with E-state index in [1.165, 1.54) is 12.1 Å². The normalized spacial score (nSPS) is 17.6. The first-order valence-electron chi connectivity index (χ1n) is 5.58. The van der Waals surface area contributed by atoms with Gasteiger partial charge in [0.05, 0.1) is 12.2 Å². The number of benzene rings is 1. The van der Waals surface area contributed by atoms with Gasteiger partial charge >= 0.3 is 6.18 Å². The lowest BCUT2D eigenvalue weighted by atomic mass is 10.1. The van der Waals surface area contributed by atoms with Gasteiger partial charge in [-0.15, -0.1) is 0 Å². The van der Waals surface area contributed by atoms with E-state index in [2.05, 4.69) is 21.2 Å². The number of halogens is 4. The van der Waals surface area contributed by atoms with Gasteiger partial charge in [-0.05, 0) is 31.0 Å². The number of aliphatic hydroxyl groups is 1. The smallest absolute Gasteiger partial charge is 0.396 e. The van der Waals surface area contributed by atoms with Crippen molar-refractivity contribution in [1.29, 1.82) is 0 Å². The molecule has 0 amide bonds. The molecular weight excluding hydrogens is 311 g/mol. The van der Waals surface area contributed by atoms with Crippen LogP contribution in [0.5, 0.6) is 0 Å². The van der Waals surface area contributed by atoms with E-state index >= 15 is 0 Å². The van der Waals surface area contributed by atoms with Gasteiger partial charge in [0.25, 0.3) is 0 Å². The molecule has 0 unspecified atom stereocenters. The maximum absolute atomic E-state index is 12.8. The molecule has 1 fully saturated rings. The number of alkyl halides is 3. The maximum atomic E-state index is 12.8. The first kappa shape index (κ1) is 13.7. The zero-order valence-corrected chi connectivity index (χ0v) is 11.1. The number of anilines is 1. The highest BCUT2D eigenvalue weighted by molar-refractivity contribution is 9.10. The lowest BCUT2D eigenvalue weighted by Gasteiger charge is -2.18. The highest BCUT2D eigenvalue weighted by Gasteiger charge is 2.42. The average molecular weight is 324 g/mol. The quantitative estimate of drug-likeness (QED) is 0.886. The largest absolute Gasteiger partial charge is 0.418 e. The molecular formula is C12H13BrF3NO. The summed E-state index contributed by atoms with van der Waals surface area (Å²) >= 11 is 3.16. The Morgan fingerprint density at radius 3 is 2.50 bits per heavy atom. The van der Waals surface area contributed by atoms with Crippen molar-refractivity contribution in [2.24, 2.45) is 5.41 Å². The van der Waals surface area contributed by atoms with Gasteiger partial charge < -0.3 is 10.4 Å². The molecule has 2 rings (SSSR count). The Bertz CT molecular complexity index is 443. The monoisotopic (exact) mass is 323 g/mol. The molecule has 1 aromatic carbocycles. The van der Waals surface area contributed by atoms with E-state index in [0.717, 1.165) is 18.9 Å². The summed E-state index contributed by atoms with van der Waals surface area (Å²) < 4.78 is 39.0. The predicted molar refractivity (Wildman–Crippen MR) is 66.4 cm³/mol. The third-order valence-corrected chi connectivity index (χ3v) is 3.73. The van der Waals surface area contributed by atoms with Crippen LogP contribution < -0.4 is 5.32 Å². The topological polar surface area (TPSA) is 32.3 Å². The van der Waals surface area contributed by atoms with Crippen LogP contribution in [-0.2, 0) is 6.18 Å². The second-order valence-electron chi connectivity index (χ2n) is 4.70. The Labute approximate surface area is 111 Å². The Balaban J connectivity index is 2.18. The molecule has 18 heavy (non-hydrogen) atoms. The Morgan fingerprint density at radius 1 is 1.33 bits per heavy atom. The predicted octanol–water partition coefficient (Wildman–Crippen LogP) is 3.65. The van der Waals surface area contributed by atoms with E-state index in [9.17, 15) is 13.2 Å². The Morgan fingerprint density at radius 2 is 2.00 bits per heavy atom. The van der Waals surface area contributed by atoms with Crippen molar-refractivity contribution in [3.8, 4) is 0 Å². The molecule has 0 bridgehead atoms. The first-order valence-corrected chi connectivity index (χ1v) is 6.37. The summed E-state index contributed by atoms with van der Waals surface area (Å²) in [4.78, 5) is 0. The van der Waals surface area contributed by atoms with Gasteiger partial charge in [-0.25, -0.2) is 0 Å². The van der Waals surface area contributed by atoms with Crippen LogP contribution in [0.25, 0.3) is 0 Å². The third-order valence-electron chi connectivity index (χ3n) is 3.23. The standard InChI is InChI=1S/C12H13BrF3NO/c13-8-1-2-9(12(14,15)16)10(5-8)17-6-11(7-18)3-4-11/h1-2,5,17-18H,3-4,6-7H2. The fourth-order valence-electron chi connectivity index (χ4n) is 1.76. The molecule has 2 nitrogen and oxygen atoms in total. The van der Waals surface area contributed by atoms with E-state index in [4.69, 9.17) is 5.11 Å². The van der Waals surface area contributed by atoms with Crippen LogP contribution in [0.3, 0.4) is 0 Å². The molecule has 0 atom stereocenters. The van der Waals surface area contributed by atoms with Gasteiger partial charge in [-0.2, -0.15) is 13.2 Å². The lowest BCUT2D eigenvalue weighted by Crippen LogP contribution is -2.21. The van der Waals surface area contributed by atoms with Gasteiger partial charge in [0, 0.05) is 22.1 Å². The SMILES string of the molecule is OCC1(CNc2cc(Br)ccc2C(F)(F)F)CC1. The van der Waals surface area contributed by atoms with Gasteiger partial charge in [-0.3, -0.25) is 0 Å². The second kappa shape index (κ2) is 4.74. The summed E-state index contributed by atoms with van der Waals surface area (Å²) in [5.41, 5.74) is -0.860. The summed E-state index contributed by atoms with van der Waals surface area (Å²) in [6.45, 7) is 0.373. The van der Waals surface area contributed by atoms with Crippen LogP contribution in [0.1, 0.15) is 18.4 Å². The molecule has 2 N–H and O–H groups in total. The van der Waals surface area contributed by atoms with Crippen LogP contribution in [0.15, 0.2) is 22.7 Å². The molecule has 0 saturated heterocycles. The summed E-state index contributed by atoms with van der Waals surface area (Å²) in [5, 5.41) is 12.0. The van der Waals surface area contributed by atoms with Crippen molar-refractivity contribution in [2.45, 2.75) is 19.0 Å². The van der Waals surface area contributed by atoms with Gasteiger partial charge in [0.1, 0.15) is 0 Å². The molecule has 0 radical (unpaired) electrons. The van der Waals surface area contributed by atoms with E-state index in [1.807, 2.05) is 0 Å². The number of hydrogen-bond donors (Lipinski definition) is 2.